The largest absolute Gasteiger partial charge is 0.461 e. The van der Waals surface area contributed by atoms with Gasteiger partial charge in [0.25, 0.3) is 0 Å². The molecule has 3 aliphatic heterocycles. The third-order valence-electron chi connectivity index (χ3n) is 7.48. The topological polar surface area (TPSA) is 87.0 Å². The molecule has 2 saturated heterocycles. The van der Waals surface area contributed by atoms with Gasteiger partial charge in [-0.15, -0.1) is 0 Å². The quantitative estimate of drug-likeness (QED) is 0.641. The van der Waals surface area contributed by atoms with Crippen molar-refractivity contribution in [1.82, 2.24) is 14.8 Å². The number of hydrogen-bond acceptors (Lipinski definition) is 7. The van der Waals surface area contributed by atoms with E-state index in [1.165, 1.54) is 6.07 Å². The van der Waals surface area contributed by atoms with E-state index in [0.717, 1.165) is 38.2 Å². The maximum atomic E-state index is 15.4. The van der Waals surface area contributed by atoms with Crippen LogP contribution in [0.15, 0.2) is 17.1 Å². The van der Waals surface area contributed by atoms with E-state index in [9.17, 15) is 14.7 Å². The number of benzene rings is 1. The van der Waals surface area contributed by atoms with Crippen LogP contribution in [0.1, 0.15) is 48.1 Å². The third kappa shape index (κ3) is 4.32. The average molecular weight is 473 g/mol. The zero-order chi connectivity index (χ0) is 23.8. The lowest BCUT2D eigenvalue weighted by Crippen LogP contribution is -2.44. The highest BCUT2D eigenvalue weighted by atomic mass is 19.1. The Labute approximate surface area is 198 Å². The number of nitrogens with one attached hydrogen (secondary N) is 1. The normalized spacial score (nSPS) is 21.7. The molecule has 0 radical (unpaired) electrons. The van der Waals surface area contributed by atoms with Crippen LogP contribution >= 0.6 is 0 Å². The SMILES string of the molecule is C[C@H]1CCc2c(N3CCC(O)CC3)c(F)cc3c(=O)c(C(=O)OCCN4CCNCC4)cn1c23. The Kier molecular flexibility index (Phi) is 6.59. The van der Waals surface area contributed by atoms with E-state index in [0.29, 0.717) is 50.1 Å². The number of piperazine rings is 1. The van der Waals surface area contributed by atoms with Crippen LogP contribution in [0.4, 0.5) is 10.1 Å². The van der Waals surface area contributed by atoms with E-state index in [4.69, 9.17) is 4.74 Å². The van der Waals surface area contributed by atoms with Gasteiger partial charge in [0.05, 0.1) is 17.3 Å². The summed E-state index contributed by atoms with van der Waals surface area (Å²) in [6.45, 7) is 7.67. The number of aliphatic hydroxyl groups is 1. The first-order valence-corrected chi connectivity index (χ1v) is 12.4. The van der Waals surface area contributed by atoms with Crippen LogP contribution in [0.2, 0.25) is 0 Å². The Bertz CT molecular complexity index is 1140. The summed E-state index contributed by atoms with van der Waals surface area (Å²) in [7, 11) is 0. The number of hydrogen-bond donors (Lipinski definition) is 2. The van der Waals surface area contributed by atoms with Crippen LogP contribution in [0.25, 0.3) is 10.9 Å². The Hall–Kier alpha value is -2.49. The van der Waals surface area contributed by atoms with Crippen LogP contribution in [-0.2, 0) is 11.2 Å². The second kappa shape index (κ2) is 9.64. The monoisotopic (exact) mass is 472 g/mol. The van der Waals surface area contributed by atoms with Crippen molar-refractivity contribution in [3.8, 4) is 0 Å². The number of esters is 1. The standard InChI is InChI=1S/C25H33FN4O4/c1-16-2-3-18-22-19(14-21(26)23(18)29-8-4-17(31)5-9-29)24(32)20(15-30(16)22)25(33)34-13-12-28-10-6-27-7-11-28/h14-17,27,31H,2-13H2,1H3/t16-/m0/s1. The molecule has 2 N–H and O–H groups in total. The lowest BCUT2D eigenvalue weighted by Gasteiger charge is -2.36. The molecular weight excluding hydrogens is 439 g/mol. The summed E-state index contributed by atoms with van der Waals surface area (Å²) in [6.07, 6.45) is 3.90. The second-order valence-electron chi connectivity index (χ2n) is 9.69. The van der Waals surface area contributed by atoms with Gasteiger partial charge in [0.15, 0.2) is 0 Å². The van der Waals surface area contributed by atoms with Crippen LogP contribution in [-0.4, -0.2) is 79.1 Å². The molecule has 5 rings (SSSR count). The van der Waals surface area contributed by atoms with Gasteiger partial charge in [-0.05, 0) is 38.7 Å². The Morgan fingerprint density at radius 1 is 1.21 bits per heavy atom. The number of halogens is 1. The number of ether oxygens (including phenoxy) is 1. The summed E-state index contributed by atoms with van der Waals surface area (Å²) in [6, 6.07) is 1.36. The van der Waals surface area contributed by atoms with Crippen molar-refractivity contribution in [3.05, 3.63) is 39.4 Å². The zero-order valence-electron chi connectivity index (χ0n) is 19.7. The molecular formula is C25H33FN4O4. The van der Waals surface area contributed by atoms with Gasteiger partial charge in [0.1, 0.15) is 18.0 Å². The van der Waals surface area contributed by atoms with Gasteiger partial charge in [0, 0.05) is 69.0 Å². The molecule has 1 aromatic heterocycles. The van der Waals surface area contributed by atoms with E-state index in [1.807, 2.05) is 16.4 Å². The fourth-order valence-corrected chi connectivity index (χ4v) is 5.49. The van der Waals surface area contributed by atoms with Crippen molar-refractivity contribution in [2.45, 2.75) is 44.8 Å². The lowest BCUT2D eigenvalue weighted by atomic mass is 9.93. The Morgan fingerprint density at radius 2 is 1.94 bits per heavy atom. The van der Waals surface area contributed by atoms with E-state index >= 15 is 4.39 Å². The van der Waals surface area contributed by atoms with Crippen molar-refractivity contribution in [3.63, 3.8) is 0 Å². The number of pyridine rings is 1. The zero-order valence-corrected chi connectivity index (χ0v) is 19.7. The molecule has 0 aliphatic carbocycles. The van der Waals surface area contributed by atoms with Gasteiger partial charge in [-0.3, -0.25) is 9.69 Å². The summed E-state index contributed by atoms with van der Waals surface area (Å²) in [5.41, 5.74) is 1.55. The number of anilines is 1. The fourth-order valence-electron chi connectivity index (χ4n) is 5.49. The molecule has 4 heterocycles. The molecule has 0 bridgehead atoms. The summed E-state index contributed by atoms with van der Waals surface area (Å²) in [5.74, 6) is -1.10. The number of carbonyl (C=O) groups is 1. The molecule has 0 unspecified atom stereocenters. The number of rotatable bonds is 5. The van der Waals surface area contributed by atoms with Gasteiger partial charge < -0.3 is 24.6 Å². The minimum atomic E-state index is -0.653. The lowest BCUT2D eigenvalue weighted by molar-refractivity contribution is 0.0453. The highest BCUT2D eigenvalue weighted by Crippen LogP contribution is 2.38. The maximum Gasteiger partial charge on any atom is 0.343 e. The molecule has 0 saturated carbocycles. The van der Waals surface area contributed by atoms with E-state index in [2.05, 4.69) is 10.2 Å². The van der Waals surface area contributed by atoms with Gasteiger partial charge in [-0.25, -0.2) is 9.18 Å². The summed E-state index contributed by atoms with van der Waals surface area (Å²) >= 11 is 0. The summed E-state index contributed by atoms with van der Waals surface area (Å²) in [5, 5.41) is 13.4. The maximum absolute atomic E-state index is 15.4. The smallest absolute Gasteiger partial charge is 0.343 e. The molecule has 9 heteroatoms. The number of nitrogens with zero attached hydrogens (tertiary/aromatic N) is 3. The molecule has 8 nitrogen and oxygen atoms in total. The van der Waals surface area contributed by atoms with Gasteiger partial charge in [0.2, 0.25) is 5.43 Å². The van der Waals surface area contributed by atoms with Gasteiger partial charge >= 0.3 is 5.97 Å². The third-order valence-corrected chi connectivity index (χ3v) is 7.48. The van der Waals surface area contributed by atoms with Crippen molar-refractivity contribution < 1.29 is 19.0 Å². The minimum Gasteiger partial charge on any atom is -0.461 e. The van der Waals surface area contributed by atoms with E-state index in [1.54, 1.807) is 6.20 Å². The average Bonchev–Trinajstić information content (AvgIpc) is 2.84. The number of aliphatic hydroxyl groups excluding tert-OH is 1. The molecule has 2 fully saturated rings. The Morgan fingerprint density at radius 3 is 2.68 bits per heavy atom. The first kappa shape index (κ1) is 23.3. The van der Waals surface area contributed by atoms with E-state index < -0.39 is 17.2 Å². The number of aryl methyl sites for hydroxylation is 1. The summed E-state index contributed by atoms with van der Waals surface area (Å²) < 4.78 is 22.9. The molecule has 1 atom stereocenters. The molecule has 34 heavy (non-hydrogen) atoms. The highest BCUT2D eigenvalue weighted by molar-refractivity contribution is 5.96. The first-order valence-electron chi connectivity index (χ1n) is 12.4. The van der Waals surface area contributed by atoms with E-state index in [-0.39, 0.29) is 29.7 Å². The molecule has 184 valence electrons. The van der Waals surface area contributed by atoms with Crippen LogP contribution in [0.5, 0.6) is 0 Å². The number of carbonyl (C=O) groups excluding carboxylic acids is 1. The van der Waals surface area contributed by atoms with Gasteiger partial charge in [-0.1, -0.05) is 0 Å². The minimum absolute atomic E-state index is 0.0410. The first-order chi connectivity index (χ1) is 16.4. The molecule has 1 aromatic carbocycles. The molecule has 0 spiro atoms. The number of aromatic nitrogens is 1. The predicted octanol–water partition coefficient (Wildman–Crippen LogP) is 1.67. The molecule has 0 amide bonds. The van der Waals surface area contributed by atoms with Gasteiger partial charge in [-0.2, -0.15) is 0 Å². The highest BCUT2D eigenvalue weighted by Gasteiger charge is 2.30. The second-order valence-corrected chi connectivity index (χ2v) is 9.69. The van der Waals surface area contributed by atoms with Crippen molar-refractivity contribution in [2.24, 2.45) is 0 Å². The van der Waals surface area contributed by atoms with Crippen LogP contribution in [0, 0.1) is 5.82 Å². The van der Waals surface area contributed by atoms with Crippen LogP contribution < -0.4 is 15.6 Å². The van der Waals surface area contributed by atoms with Crippen molar-refractivity contribution >= 4 is 22.6 Å². The predicted molar refractivity (Wildman–Crippen MR) is 128 cm³/mol. The number of piperidine rings is 1. The molecule has 3 aliphatic rings. The van der Waals surface area contributed by atoms with Crippen LogP contribution in [0.3, 0.4) is 0 Å². The van der Waals surface area contributed by atoms with Crippen molar-refractivity contribution in [2.75, 3.05) is 57.3 Å². The Balaban J connectivity index is 1.47. The summed E-state index contributed by atoms with van der Waals surface area (Å²) in [4.78, 5) is 30.4. The molecule has 2 aromatic rings. The van der Waals surface area contributed by atoms with Crippen molar-refractivity contribution in [1.29, 1.82) is 0 Å². The fraction of sp³-hybridized carbons (Fsp3) is 0.600.